The molecule has 0 atom stereocenters. The molecule has 3 N–H and O–H groups in total. The molecule has 0 aliphatic heterocycles. The lowest BCUT2D eigenvalue weighted by Crippen LogP contribution is -2.34. The van der Waals surface area contributed by atoms with Crippen LogP contribution in [0.2, 0.25) is 0 Å². The van der Waals surface area contributed by atoms with Crippen molar-refractivity contribution in [3.05, 3.63) is 57.1 Å². The third-order valence-electron chi connectivity index (χ3n) is 4.48. The zero-order valence-corrected chi connectivity index (χ0v) is 15.6. The van der Waals surface area contributed by atoms with Crippen LogP contribution in [0.25, 0.3) is 10.9 Å². The Bertz CT molecular complexity index is 1110. The number of aromatic nitrogens is 3. The summed E-state index contributed by atoms with van der Waals surface area (Å²) in [5, 5.41) is 0.512. The first-order valence-electron chi connectivity index (χ1n) is 8.61. The minimum absolute atomic E-state index is 0.107. The molecule has 8 nitrogen and oxygen atoms in total. The van der Waals surface area contributed by atoms with E-state index < -0.39 is 5.91 Å². The second kappa shape index (κ2) is 7.06. The standard InChI is InChI=1S/C19H21N5O3/c1-5-24-18(27)13-8-6-7-9-14(13)21-19(24)23-22-17(26)16-10(2)15(12(4)25)11(3)20-16/h6-9,20H,5H2,1-4H3,(H,21,23)(H,22,26). The molecule has 0 radical (unpaired) electrons. The van der Waals surface area contributed by atoms with Gasteiger partial charge in [-0.3, -0.25) is 29.8 Å². The molecule has 8 heteroatoms. The molecule has 0 saturated carbocycles. The van der Waals surface area contributed by atoms with Gasteiger partial charge in [0.05, 0.1) is 10.9 Å². The monoisotopic (exact) mass is 367 g/mol. The van der Waals surface area contributed by atoms with Gasteiger partial charge in [0.25, 0.3) is 11.5 Å². The van der Waals surface area contributed by atoms with E-state index in [9.17, 15) is 14.4 Å². The number of anilines is 1. The minimum atomic E-state index is -0.451. The van der Waals surface area contributed by atoms with Crippen LogP contribution in [0.3, 0.4) is 0 Å². The highest BCUT2D eigenvalue weighted by molar-refractivity contribution is 6.02. The smallest absolute Gasteiger partial charge is 0.286 e. The number of H-pyrrole nitrogens is 1. The van der Waals surface area contributed by atoms with Crippen molar-refractivity contribution in [1.29, 1.82) is 0 Å². The Hall–Kier alpha value is -3.42. The summed E-state index contributed by atoms with van der Waals surface area (Å²) in [7, 11) is 0. The maximum atomic E-state index is 12.6. The number of ketones is 1. The van der Waals surface area contributed by atoms with Crippen LogP contribution < -0.4 is 16.4 Å². The molecule has 0 aliphatic carbocycles. The van der Waals surface area contributed by atoms with Gasteiger partial charge >= 0.3 is 0 Å². The van der Waals surface area contributed by atoms with E-state index in [0.29, 0.717) is 34.3 Å². The SMILES string of the molecule is CCn1c(NNC(=O)c2[nH]c(C)c(C(C)=O)c2C)nc2ccccc2c1=O. The number of carbonyl (C=O) groups is 2. The Balaban J connectivity index is 1.91. The largest absolute Gasteiger partial charge is 0.354 e. The maximum absolute atomic E-state index is 12.6. The number of hydrogen-bond donors (Lipinski definition) is 3. The van der Waals surface area contributed by atoms with E-state index in [1.807, 2.05) is 6.92 Å². The molecular weight excluding hydrogens is 346 g/mol. The number of nitrogens with zero attached hydrogens (tertiary/aromatic N) is 2. The van der Waals surface area contributed by atoms with E-state index in [2.05, 4.69) is 20.8 Å². The number of Topliss-reactive ketones (excluding diaryl/α,β-unsaturated/α-hetero) is 1. The third-order valence-corrected chi connectivity index (χ3v) is 4.48. The van der Waals surface area contributed by atoms with Gasteiger partial charge < -0.3 is 4.98 Å². The van der Waals surface area contributed by atoms with E-state index in [0.717, 1.165) is 0 Å². The molecule has 0 fully saturated rings. The molecule has 3 aromatic rings. The highest BCUT2D eigenvalue weighted by Gasteiger charge is 2.20. The minimum Gasteiger partial charge on any atom is -0.354 e. The summed E-state index contributed by atoms with van der Waals surface area (Å²) in [6.07, 6.45) is 0. The van der Waals surface area contributed by atoms with Crippen molar-refractivity contribution >= 4 is 28.5 Å². The summed E-state index contributed by atoms with van der Waals surface area (Å²) < 4.78 is 1.44. The zero-order chi connectivity index (χ0) is 19.7. The lowest BCUT2D eigenvalue weighted by molar-refractivity contribution is 0.0956. The van der Waals surface area contributed by atoms with Gasteiger partial charge in [-0.1, -0.05) is 12.1 Å². The lowest BCUT2D eigenvalue weighted by Gasteiger charge is -2.14. The Labute approximate surface area is 155 Å². The van der Waals surface area contributed by atoms with Crippen molar-refractivity contribution < 1.29 is 9.59 Å². The quantitative estimate of drug-likeness (QED) is 0.474. The predicted octanol–water partition coefficient (Wildman–Crippen LogP) is 2.32. The van der Waals surface area contributed by atoms with Crippen molar-refractivity contribution in [3.8, 4) is 0 Å². The van der Waals surface area contributed by atoms with Crippen LogP contribution in [0.5, 0.6) is 0 Å². The maximum Gasteiger partial charge on any atom is 0.286 e. The first kappa shape index (κ1) is 18.4. The number of amides is 1. The number of fused-ring (bicyclic) bond motifs is 1. The van der Waals surface area contributed by atoms with Crippen LogP contribution in [0, 0.1) is 13.8 Å². The van der Waals surface area contributed by atoms with Crippen molar-refractivity contribution in [3.63, 3.8) is 0 Å². The van der Waals surface area contributed by atoms with Crippen molar-refractivity contribution in [2.75, 3.05) is 5.43 Å². The molecule has 0 aliphatic rings. The van der Waals surface area contributed by atoms with Gasteiger partial charge in [0.15, 0.2) is 5.78 Å². The van der Waals surface area contributed by atoms with Crippen molar-refractivity contribution in [2.45, 2.75) is 34.2 Å². The Morgan fingerprint density at radius 2 is 1.93 bits per heavy atom. The number of aryl methyl sites for hydroxylation is 1. The Kier molecular flexibility index (Phi) is 4.81. The fraction of sp³-hybridized carbons (Fsp3) is 0.263. The molecule has 1 amide bonds. The Morgan fingerprint density at radius 3 is 2.56 bits per heavy atom. The first-order valence-corrected chi connectivity index (χ1v) is 8.61. The summed E-state index contributed by atoms with van der Waals surface area (Å²) in [4.78, 5) is 44.2. The fourth-order valence-electron chi connectivity index (χ4n) is 3.24. The van der Waals surface area contributed by atoms with Gasteiger partial charge in [-0.25, -0.2) is 4.98 Å². The van der Waals surface area contributed by atoms with Gasteiger partial charge in [-0.15, -0.1) is 0 Å². The van der Waals surface area contributed by atoms with Crippen LogP contribution in [0.1, 0.15) is 46.0 Å². The average molecular weight is 367 g/mol. The van der Waals surface area contributed by atoms with Gasteiger partial charge in [-0.2, -0.15) is 0 Å². The average Bonchev–Trinajstić information content (AvgIpc) is 2.94. The number of hydrogen-bond acceptors (Lipinski definition) is 5. The van der Waals surface area contributed by atoms with E-state index in [4.69, 9.17) is 0 Å². The molecule has 0 bridgehead atoms. The van der Waals surface area contributed by atoms with Crippen LogP contribution in [-0.4, -0.2) is 26.2 Å². The molecule has 27 heavy (non-hydrogen) atoms. The van der Waals surface area contributed by atoms with Gasteiger partial charge in [-0.05, 0) is 45.4 Å². The van der Waals surface area contributed by atoms with Crippen molar-refractivity contribution in [1.82, 2.24) is 20.0 Å². The van der Waals surface area contributed by atoms with Crippen LogP contribution in [0.15, 0.2) is 29.1 Å². The molecular formula is C19H21N5O3. The number of carbonyl (C=O) groups excluding carboxylic acids is 2. The second-order valence-electron chi connectivity index (χ2n) is 6.26. The highest BCUT2D eigenvalue weighted by atomic mass is 16.2. The summed E-state index contributed by atoms with van der Waals surface area (Å²) in [5.41, 5.74) is 7.64. The normalized spacial score (nSPS) is 10.8. The van der Waals surface area contributed by atoms with Crippen LogP contribution in [-0.2, 0) is 6.54 Å². The molecule has 140 valence electrons. The first-order chi connectivity index (χ1) is 12.8. The zero-order valence-electron chi connectivity index (χ0n) is 15.6. The topological polar surface area (TPSA) is 109 Å². The molecule has 0 unspecified atom stereocenters. The fourth-order valence-corrected chi connectivity index (χ4v) is 3.24. The number of rotatable bonds is 5. The van der Waals surface area contributed by atoms with E-state index in [1.54, 1.807) is 38.1 Å². The Morgan fingerprint density at radius 1 is 1.22 bits per heavy atom. The summed E-state index contributed by atoms with van der Waals surface area (Å²) in [6.45, 7) is 7.13. The summed E-state index contributed by atoms with van der Waals surface area (Å²) in [6, 6.07) is 7.03. The molecule has 0 spiro atoms. The molecule has 1 aromatic carbocycles. The van der Waals surface area contributed by atoms with Gasteiger partial charge in [0, 0.05) is 17.8 Å². The number of nitrogens with one attached hydrogen (secondary N) is 3. The molecule has 2 heterocycles. The van der Waals surface area contributed by atoms with E-state index in [1.165, 1.54) is 11.5 Å². The van der Waals surface area contributed by atoms with Crippen LogP contribution in [0.4, 0.5) is 5.95 Å². The number of aromatic amines is 1. The van der Waals surface area contributed by atoms with Crippen LogP contribution >= 0.6 is 0 Å². The van der Waals surface area contributed by atoms with Gasteiger partial charge in [0.2, 0.25) is 5.95 Å². The molecule has 3 rings (SSSR count). The van der Waals surface area contributed by atoms with Crippen molar-refractivity contribution in [2.24, 2.45) is 0 Å². The second-order valence-corrected chi connectivity index (χ2v) is 6.26. The highest BCUT2D eigenvalue weighted by Crippen LogP contribution is 2.18. The number of hydrazine groups is 1. The lowest BCUT2D eigenvalue weighted by atomic mass is 10.1. The summed E-state index contributed by atoms with van der Waals surface area (Å²) in [5.74, 6) is -0.320. The number of benzene rings is 1. The van der Waals surface area contributed by atoms with Gasteiger partial charge in [0.1, 0.15) is 5.69 Å². The van der Waals surface area contributed by atoms with E-state index in [-0.39, 0.29) is 23.0 Å². The third kappa shape index (κ3) is 3.21. The van der Waals surface area contributed by atoms with E-state index >= 15 is 0 Å². The predicted molar refractivity (Wildman–Crippen MR) is 103 cm³/mol. The molecule has 0 saturated heterocycles. The summed E-state index contributed by atoms with van der Waals surface area (Å²) >= 11 is 0. The number of para-hydroxylation sites is 1. The molecule has 2 aromatic heterocycles.